The molecule has 5 nitrogen and oxygen atoms in total. The fourth-order valence-corrected chi connectivity index (χ4v) is 2.14. The van der Waals surface area contributed by atoms with E-state index < -0.39 is 5.97 Å². The van der Waals surface area contributed by atoms with E-state index in [0.29, 0.717) is 5.01 Å². The summed E-state index contributed by atoms with van der Waals surface area (Å²) >= 11 is 1.31. The van der Waals surface area contributed by atoms with E-state index in [-0.39, 0.29) is 5.69 Å². The Labute approximate surface area is 90.0 Å². The Bertz CT molecular complexity index is 515. The zero-order chi connectivity index (χ0) is 11.0. The van der Waals surface area contributed by atoms with Crippen LogP contribution in [0.1, 0.15) is 16.2 Å². The molecule has 0 aliphatic heterocycles. The number of carboxylic acid groups (broad SMARTS) is 1. The monoisotopic (exact) mass is 223 g/mol. The molecule has 0 aliphatic rings. The average Bonchev–Trinajstić information content (AvgIpc) is 2.71. The van der Waals surface area contributed by atoms with Gasteiger partial charge in [-0.2, -0.15) is 5.10 Å². The van der Waals surface area contributed by atoms with Gasteiger partial charge in [0.05, 0.1) is 11.4 Å². The molecule has 6 heteroatoms. The van der Waals surface area contributed by atoms with Gasteiger partial charge < -0.3 is 5.11 Å². The van der Waals surface area contributed by atoms with Crippen LogP contribution >= 0.6 is 11.3 Å². The average molecular weight is 223 g/mol. The molecule has 0 aromatic carbocycles. The molecule has 0 radical (unpaired) electrons. The van der Waals surface area contributed by atoms with Gasteiger partial charge in [0.1, 0.15) is 5.01 Å². The Morgan fingerprint density at radius 3 is 2.80 bits per heavy atom. The molecular formula is C9H9N3O2S. The summed E-state index contributed by atoms with van der Waals surface area (Å²) in [5.74, 6) is -1.00. The Kier molecular flexibility index (Phi) is 2.28. The summed E-state index contributed by atoms with van der Waals surface area (Å²) in [5.41, 5.74) is 1.80. The maximum atomic E-state index is 10.7. The van der Waals surface area contributed by atoms with E-state index in [2.05, 4.69) is 10.1 Å². The molecule has 0 spiro atoms. The summed E-state index contributed by atoms with van der Waals surface area (Å²) in [6, 6.07) is 1.88. The summed E-state index contributed by atoms with van der Waals surface area (Å²) in [4.78, 5) is 14.7. The standard InChI is InChI=1S/C9H9N3O2S/c1-5-3-7(12(2)11-5)8-10-6(4-15-8)9(13)14/h3-4H,1-2H3,(H,13,14). The van der Waals surface area contributed by atoms with Crippen molar-refractivity contribution in [1.29, 1.82) is 0 Å². The van der Waals surface area contributed by atoms with E-state index in [9.17, 15) is 4.79 Å². The molecule has 1 N–H and O–H groups in total. The van der Waals surface area contributed by atoms with Crippen molar-refractivity contribution in [2.45, 2.75) is 6.92 Å². The lowest BCUT2D eigenvalue weighted by molar-refractivity contribution is 0.0691. The van der Waals surface area contributed by atoms with Gasteiger partial charge in [-0.15, -0.1) is 11.3 Å². The van der Waals surface area contributed by atoms with Crippen molar-refractivity contribution >= 4 is 17.3 Å². The fourth-order valence-electron chi connectivity index (χ4n) is 1.30. The normalized spacial score (nSPS) is 10.5. The number of nitrogens with zero attached hydrogens (tertiary/aromatic N) is 3. The van der Waals surface area contributed by atoms with Crippen LogP contribution in [0.5, 0.6) is 0 Å². The molecular weight excluding hydrogens is 214 g/mol. The number of aromatic nitrogens is 3. The van der Waals surface area contributed by atoms with Crippen molar-refractivity contribution in [3.05, 3.63) is 22.8 Å². The van der Waals surface area contributed by atoms with Gasteiger partial charge >= 0.3 is 5.97 Å². The van der Waals surface area contributed by atoms with Gasteiger partial charge in [0, 0.05) is 12.4 Å². The Morgan fingerprint density at radius 2 is 2.33 bits per heavy atom. The molecule has 0 unspecified atom stereocenters. The smallest absolute Gasteiger partial charge is 0.355 e. The van der Waals surface area contributed by atoms with Gasteiger partial charge in [-0.05, 0) is 13.0 Å². The number of carboxylic acids is 1. The predicted octanol–water partition coefficient (Wildman–Crippen LogP) is 1.55. The highest BCUT2D eigenvalue weighted by atomic mass is 32.1. The maximum Gasteiger partial charge on any atom is 0.355 e. The molecule has 0 fully saturated rings. The Hall–Kier alpha value is -1.69. The number of hydrogen-bond acceptors (Lipinski definition) is 4. The van der Waals surface area contributed by atoms with Gasteiger partial charge in [0.2, 0.25) is 0 Å². The molecule has 2 rings (SSSR count). The molecule has 0 saturated carbocycles. The van der Waals surface area contributed by atoms with Crippen LogP contribution in [0.2, 0.25) is 0 Å². The van der Waals surface area contributed by atoms with E-state index >= 15 is 0 Å². The van der Waals surface area contributed by atoms with Crippen LogP contribution in [0.25, 0.3) is 10.7 Å². The van der Waals surface area contributed by atoms with Gasteiger partial charge in [0.25, 0.3) is 0 Å². The summed E-state index contributed by atoms with van der Waals surface area (Å²) in [5, 5.41) is 15.1. The van der Waals surface area contributed by atoms with Crippen LogP contribution in [0.3, 0.4) is 0 Å². The van der Waals surface area contributed by atoms with Crippen molar-refractivity contribution in [1.82, 2.24) is 14.8 Å². The minimum absolute atomic E-state index is 0.0776. The molecule has 78 valence electrons. The van der Waals surface area contributed by atoms with Crippen LogP contribution in [-0.2, 0) is 7.05 Å². The number of thiazole rings is 1. The third kappa shape index (κ3) is 1.75. The predicted molar refractivity (Wildman–Crippen MR) is 56.0 cm³/mol. The first-order valence-corrected chi connectivity index (χ1v) is 5.15. The Balaban J connectivity index is 2.45. The topological polar surface area (TPSA) is 68.0 Å². The molecule has 0 atom stereocenters. The van der Waals surface area contributed by atoms with Crippen LogP contribution in [0.4, 0.5) is 0 Å². The molecule has 0 amide bonds. The maximum absolute atomic E-state index is 10.7. The van der Waals surface area contributed by atoms with Crippen molar-refractivity contribution in [2.75, 3.05) is 0 Å². The highest BCUT2D eigenvalue weighted by Gasteiger charge is 2.13. The molecule has 2 aromatic rings. The second-order valence-electron chi connectivity index (χ2n) is 3.14. The van der Waals surface area contributed by atoms with E-state index in [1.165, 1.54) is 16.7 Å². The summed E-state index contributed by atoms with van der Waals surface area (Å²) in [6.07, 6.45) is 0. The molecule has 15 heavy (non-hydrogen) atoms. The van der Waals surface area contributed by atoms with E-state index in [4.69, 9.17) is 5.11 Å². The van der Waals surface area contributed by atoms with Crippen LogP contribution in [-0.4, -0.2) is 25.8 Å². The molecule has 2 heterocycles. The lowest BCUT2D eigenvalue weighted by Gasteiger charge is -1.94. The summed E-state index contributed by atoms with van der Waals surface area (Å²) in [7, 11) is 1.81. The van der Waals surface area contributed by atoms with Crippen molar-refractivity contribution in [2.24, 2.45) is 7.05 Å². The van der Waals surface area contributed by atoms with Gasteiger partial charge in [-0.1, -0.05) is 0 Å². The second kappa shape index (κ2) is 3.47. The van der Waals surface area contributed by atoms with Crippen molar-refractivity contribution in [3.8, 4) is 10.7 Å². The first-order valence-electron chi connectivity index (χ1n) is 4.28. The zero-order valence-corrected chi connectivity index (χ0v) is 9.08. The summed E-state index contributed by atoms with van der Waals surface area (Å²) < 4.78 is 1.69. The number of hydrogen-bond donors (Lipinski definition) is 1. The Morgan fingerprint density at radius 1 is 1.60 bits per heavy atom. The first-order chi connectivity index (χ1) is 7.08. The fraction of sp³-hybridized carbons (Fsp3) is 0.222. The van der Waals surface area contributed by atoms with Crippen molar-refractivity contribution < 1.29 is 9.90 Å². The van der Waals surface area contributed by atoms with Crippen LogP contribution < -0.4 is 0 Å². The largest absolute Gasteiger partial charge is 0.476 e. The van der Waals surface area contributed by atoms with Gasteiger partial charge in [0.15, 0.2) is 5.69 Å². The third-order valence-corrected chi connectivity index (χ3v) is 2.81. The molecule has 2 aromatic heterocycles. The van der Waals surface area contributed by atoms with Crippen LogP contribution in [0.15, 0.2) is 11.4 Å². The number of rotatable bonds is 2. The number of aromatic carboxylic acids is 1. The second-order valence-corrected chi connectivity index (χ2v) is 4.00. The minimum atomic E-state index is -1.00. The number of aryl methyl sites for hydroxylation is 2. The quantitative estimate of drug-likeness (QED) is 0.838. The molecule has 0 bridgehead atoms. The third-order valence-electron chi connectivity index (χ3n) is 1.94. The SMILES string of the molecule is Cc1cc(-c2nc(C(=O)O)cs2)n(C)n1. The molecule has 0 saturated heterocycles. The van der Waals surface area contributed by atoms with Crippen molar-refractivity contribution in [3.63, 3.8) is 0 Å². The molecule has 0 aliphatic carbocycles. The van der Waals surface area contributed by atoms with Gasteiger partial charge in [-0.3, -0.25) is 4.68 Å². The van der Waals surface area contributed by atoms with E-state index in [1.807, 2.05) is 20.0 Å². The first kappa shape index (κ1) is 9.85. The lowest BCUT2D eigenvalue weighted by Crippen LogP contribution is -1.97. The van der Waals surface area contributed by atoms with Crippen LogP contribution in [0, 0.1) is 6.92 Å². The highest BCUT2D eigenvalue weighted by molar-refractivity contribution is 7.13. The summed E-state index contributed by atoms with van der Waals surface area (Å²) in [6.45, 7) is 1.88. The number of carbonyl (C=O) groups is 1. The van der Waals surface area contributed by atoms with Gasteiger partial charge in [-0.25, -0.2) is 9.78 Å². The minimum Gasteiger partial charge on any atom is -0.476 e. The van der Waals surface area contributed by atoms with E-state index in [1.54, 1.807) is 4.68 Å². The highest BCUT2D eigenvalue weighted by Crippen LogP contribution is 2.23. The lowest BCUT2D eigenvalue weighted by atomic mass is 10.4. The zero-order valence-electron chi connectivity index (χ0n) is 8.26. The van der Waals surface area contributed by atoms with E-state index in [0.717, 1.165) is 11.4 Å².